The van der Waals surface area contributed by atoms with Gasteiger partial charge in [0.25, 0.3) is 0 Å². The fraction of sp³-hybridized carbons (Fsp3) is 0.333. The van der Waals surface area contributed by atoms with Crippen molar-refractivity contribution < 1.29 is 4.42 Å². The van der Waals surface area contributed by atoms with E-state index in [9.17, 15) is 0 Å². The van der Waals surface area contributed by atoms with Gasteiger partial charge in [-0.3, -0.25) is 0 Å². The molecule has 0 spiro atoms. The lowest BCUT2D eigenvalue weighted by Crippen LogP contribution is -1.78. The molecule has 1 heterocycles. The highest BCUT2D eigenvalue weighted by molar-refractivity contribution is 5.82. The summed E-state index contributed by atoms with van der Waals surface area (Å²) in [6, 6.07) is 0. The molecule has 1 rings (SSSR count). The molecule has 3 nitrogen and oxygen atoms in total. The molecule has 0 atom stereocenters. The molecule has 0 saturated carbocycles. The second-order valence-electron chi connectivity index (χ2n) is 2.69. The first-order valence-electron chi connectivity index (χ1n) is 3.75. The number of aryl methyl sites for hydroxylation is 1. The van der Waals surface area contributed by atoms with Crippen LogP contribution >= 0.6 is 0 Å². The van der Waals surface area contributed by atoms with Crippen LogP contribution in [-0.2, 0) is 0 Å². The molecule has 3 heteroatoms. The highest BCUT2D eigenvalue weighted by atomic mass is 16.4. The fourth-order valence-electron chi connectivity index (χ4n) is 0.849. The monoisotopic (exact) mass is 164 g/mol. The zero-order chi connectivity index (χ0) is 9.14. The molecule has 0 fully saturated rings. The van der Waals surface area contributed by atoms with Crippen LogP contribution < -0.4 is 0 Å². The maximum atomic E-state index is 5.25. The van der Waals surface area contributed by atoms with Crippen LogP contribution in [-0.4, -0.2) is 10.7 Å². The molecular formula is C9H12N2O. The normalized spacial score (nSPS) is 9.58. The summed E-state index contributed by atoms with van der Waals surface area (Å²) >= 11 is 0. The smallest absolute Gasteiger partial charge is 0.246 e. The van der Waals surface area contributed by atoms with E-state index in [0.717, 1.165) is 5.71 Å². The SMILES string of the molecule is C=Cc1nc(C)oc1N=C(C)C. The van der Waals surface area contributed by atoms with Gasteiger partial charge in [-0.15, -0.1) is 0 Å². The molecule has 0 aliphatic rings. The minimum Gasteiger partial charge on any atom is -0.423 e. The Morgan fingerprint density at radius 2 is 2.25 bits per heavy atom. The molecular weight excluding hydrogens is 152 g/mol. The third-order valence-electron chi connectivity index (χ3n) is 1.26. The van der Waals surface area contributed by atoms with E-state index < -0.39 is 0 Å². The summed E-state index contributed by atoms with van der Waals surface area (Å²) in [7, 11) is 0. The molecule has 0 N–H and O–H groups in total. The van der Waals surface area contributed by atoms with Gasteiger partial charge < -0.3 is 4.42 Å². The molecule has 0 aromatic carbocycles. The van der Waals surface area contributed by atoms with Crippen molar-refractivity contribution in [1.82, 2.24) is 4.98 Å². The van der Waals surface area contributed by atoms with Crippen LogP contribution in [0.5, 0.6) is 0 Å². The van der Waals surface area contributed by atoms with Gasteiger partial charge in [-0.05, 0) is 19.9 Å². The van der Waals surface area contributed by atoms with E-state index in [0.29, 0.717) is 17.5 Å². The van der Waals surface area contributed by atoms with E-state index in [-0.39, 0.29) is 0 Å². The van der Waals surface area contributed by atoms with Crippen molar-refractivity contribution in [2.24, 2.45) is 4.99 Å². The van der Waals surface area contributed by atoms with Gasteiger partial charge in [-0.25, -0.2) is 9.98 Å². The van der Waals surface area contributed by atoms with Crippen molar-refractivity contribution >= 4 is 17.7 Å². The molecule has 0 saturated heterocycles. The van der Waals surface area contributed by atoms with Gasteiger partial charge >= 0.3 is 0 Å². The van der Waals surface area contributed by atoms with Crippen LogP contribution in [0.1, 0.15) is 25.4 Å². The average molecular weight is 164 g/mol. The summed E-state index contributed by atoms with van der Waals surface area (Å²) < 4.78 is 5.25. The lowest BCUT2D eigenvalue weighted by Gasteiger charge is -1.88. The average Bonchev–Trinajstić information content (AvgIpc) is 2.29. The number of hydrogen-bond acceptors (Lipinski definition) is 3. The van der Waals surface area contributed by atoms with Crippen molar-refractivity contribution in [3.8, 4) is 0 Å². The van der Waals surface area contributed by atoms with Crippen molar-refractivity contribution in [2.45, 2.75) is 20.8 Å². The number of hydrogen-bond donors (Lipinski definition) is 0. The van der Waals surface area contributed by atoms with Gasteiger partial charge in [-0.1, -0.05) is 6.58 Å². The quantitative estimate of drug-likeness (QED) is 0.630. The highest BCUT2D eigenvalue weighted by Crippen LogP contribution is 2.21. The summed E-state index contributed by atoms with van der Waals surface area (Å²) in [5.74, 6) is 1.16. The summed E-state index contributed by atoms with van der Waals surface area (Å²) in [6.45, 7) is 9.22. The maximum absolute atomic E-state index is 5.25. The van der Waals surface area contributed by atoms with Crippen LogP contribution in [0.4, 0.5) is 5.88 Å². The Hall–Kier alpha value is -1.38. The van der Waals surface area contributed by atoms with Gasteiger partial charge in [-0.2, -0.15) is 0 Å². The highest BCUT2D eigenvalue weighted by Gasteiger charge is 2.05. The Bertz CT molecular complexity index is 319. The predicted octanol–water partition coefficient (Wildman–Crippen LogP) is 2.74. The molecule has 0 aliphatic heterocycles. The minimum atomic E-state index is 0.544. The topological polar surface area (TPSA) is 38.4 Å². The number of oxazole rings is 1. The van der Waals surface area contributed by atoms with Crippen LogP contribution in [0.2, 0.25) is 0 Å². The number of aromatic nitrogens is 1. The first-order chi connectivity index (χ1) is 5.63. The maximum Gasteiger partial charge on any atom is 0.246 e. The zero-order valence-electron chi connectivity index (χ0n) is 7.59. The predicted molar refractivity (Wildman–Crippen MR) is 49.8 cm³/mol. The standard InChI is InChI=1S/C9H12N2O/c1-5-8-9(10-6(2)3)12-7(4)11-8/h5H,1H2,2-4H3. The largest absolute Gasteiger partial charge is 0.423 e. The Labute approximate surface area is 71.8 Å². The molecule has 0 unspecified atom stereocenters. The van der Waals surface area contributed by atoms with Crippen molar-refractivity contribution in [3.63, 3.8) is 0 Å². The van der Waals surface area contributed by atoms with Crippen molar-refractivity contribution in [2.75, 3.05) is 0 Å². The number of rotatable bonds is 2. The molecule has 1 aromatic heterocycles. The van der Waals surface area contributed by atoms with E-state index in [4.69, 9.17) is 4.42 Å². The van der Waals surface area contributed by atoms with Crippen LogP contribution in [0.15, 0.2) is 16.0 Å². The van der Waals surface area contributed by atoms with E-state index >= 15 is 0 Å². The molecule has 0 amide bonds. The summed E-state index contributed by atoms with van der Waals surface area (Å²) in [4.78, 5) is 8.26. The molecule has 0 aliphatic carbocycles. The lowest BCUT2D eigenvalue weighted by molar-refractivity contribution is 0.531. The third kappa shape index (κ3) is 1.81. The minimum absolute atomic E-state index is 0.544. The molecule has 64 valence electrons. The van der Waals surface area contributed by atoms with Crippen LogP contribution in [0.25, 0.3) is 6.08 Å². The molecule has 12 heavy (non-hydrogen) atoms. The van der Waals surface area contributed by atoms with Gasteiger partial charge in [0.1, 0.15) is 5.69 Å². The van der Waals surface area contributed by atoms with Gasteiger partial charge in [0, 0.05) is 12.6 Å². The van der Waals surface area contributed by atoms with E-state index in [1.165, 1.54) is 0 Å². The zero-order valence-corrected chi connectivity index (χ0v) is 7.59. The van der Waals surface area contributed by atoms with E-state index in [1.807, 2.05) is 13.8 Å². The Morgan fingerprint density at radius 3 is 2.75 bits per heavy atom. The second-order valence-corrected chi connectivity index (χ2v) is 2.69. The summed E-state index contributed by atoms with van der Waals surface area (Å²) in [5.41, 5.74) is 1.64. The van der Waals surface area contributed by atoms with Crippen LogP contribution in [0, 0.1) is 6.92 Å². The first kappa shape index (κ1) is 8.71. The van der Waals surface area contributed by atoms with Gasteiger partial charge in [0.15, 0.2) is 5.89 Å². The van der Waals surface area contributed by atoms with Crippen LogP contribution in [0.3, 0.4) is 0 Å². The summed E-state index contributed by atoms with van der Waals surface area (Å²) in [5, 5.41) is 0. The fourth-order valence-corrected chi connectivity index (χ4v) is 0.849. The van der Waals surface area contributed by atoms with E-state index in [1.54, 1.807) is 13.0 Å². The van der Waals surface area contributed by atoms with Crippen molar-refractivity contribution in [3.05, 3.63) is 18.2 Å². The first-order valence-corrected chi connectivity index (χ1v) is 3.75. The Kier molecular flexibility index (Phi) is 2.43. The second kappa shape index (κ2) is 3.34. The number of nitrogens with zero attached hydrogens (tertiary/aromatic N) is 2. The molecule has 0 radical (unpaired) electrons. The molecule has 1 aromatic rings. The van der Waals surface area contributed by atoms with Gasteiger partial charge in [0.05, 0.1) is 0 Å². The third-order valence-corrected chi connectivity index (χ3v) is 1.26. The van der Waals surface area contributed by atoms with E-state index in [2.05, 4.69) is 16.6 Å². The Morgan fingerprint density at radius 1 is 1.58 bits per heavy atom. The Balaban J connectivity index is 3.13. The summed E-state index contributed by atoms with van der Waals surface area (Å²) in [6.07, 6.45) is 1.64. The number of aliphatic imine (C=N–C) groups is 1. The van der Waals surface area contributed by atoms with Crippen molar-refractivity contribution in [1.29, 1.82) is 0 Å². The molecule has 0 bridgehead atoms. The lowest BCUT2D eigenvalue weighted by atomic mass is 10.4. The van der Waals surface area contributed by atoms with Gasteiger partial charge in [0.2, 0.25) is 5.88 Å².